The maximum atomic E-state index is 11.3. The van der Waals surface area contributed by atoms with Crippen LogP contribution in [0.15, 0.2) is 33.8 Å². The number of carbonyl (C=O) groups is 1. The molecule has 0 aliphatic carbocycles. The molecule has 0 bridgehead atoms. The van der Waals surface area contributed by atoms with E-state index < -0.39 is 0 Å². The molecule has 0 saturated carbocycles. The van der Waals surface area contributed by atoms with E-state index in [2.05, 4.69) is 21.0 Å². The molecule has 1 aromatic rings. The lowest BCUT2D eigenvalue weighted by Crippen LogP contribution is -2.19. The van der Waals surface area contributed by atoms with Crippen molar-refractivity contribution in [3.05, 3.63) is 28.7 Å². The highest BCUT2D eigenvalue weighted by atomic mass is 79.9. The van der Waals surface area contributed by atoms with Gasteiger partial charge < -0.3 is 0 Å². The van der Waals surface area contributed by atoms with Gasteiger partial charge >= 0.3 is 0 Å². The van der Waals surface area contributed by atoms with Gasteiger partial charge in [0, 0.05) is 10.7 Å². The highest BCUT2D eigenvalue weighted by Gasteiger charge is 2.18. The van der Waals surface area contributed by atoms with Crippen molar-refractivity contribution in [3.63, 3.8) is 0 Å². The van der Waals surface area contributed by atoms with Crippen molar-refractivity contribution in [2.75, 3.05) is 5.01 Å². The summed E-state index contributed by atoms with van der Waals surface area (Å²) in [5.41, 5.74) is 0.799. The monoisotopic (exact) mass is 238 g/mol. The van der Waals surface area contributed by atoms with Crippen molar-refractivity contribution in [3.8, 4) is 0 Å². The lowest BCUT2D eigenvalue weighted by molar-refractivity contribution is -0.116. The minimum Gasteiger partial charge on any atom is -0.272 e. The Morgan fingerprint density at radius 1 is 1.46 bits per heavy atom. The van der Waals surface area contributed by atoms with E-state index in [9.17, 15) is 4.79 Å². The van der Waals surface area contributed by atoms with Crippen molar-refractivity contribution in [1.29, 1.82) is 0 Å². The fourth-order valence-corrected chi connectivity index (χ4v) is 1.56. The molecule has 1 amide bonds. The first-order chi connectivity index (χ1) is 6.27. The zero-order valence-electron chi connectivity index (χ0n) is 6.77. The fraction of sp³-hybridized carbons (Fsp3) is 0.111. The average Bonchev–Trinajstić information content (AvgIpc) is 2.51. The lowest BCUT2D eigenvalue weighted by atomic mass is 10.3. The fourth-order valence-electron chi connectivity index (χ4n) is 1.17. The van der Waals surface area contributed by atoms with E-state index in [1.165, 1.54) is 5.01 Å². The van der Waals surface area contributed by atoms with Gasteiger partial charge in [0.15, 0.2) is 0 Å². The second-order valence-corrected chi connectivity index (χ2v) is 3.60. The van der Waals surface area contributed by atoms with Crippen molar-refractivity contribution in [2.45, 2.75) is 6.42 Å². The summed E-state index contributed by atoms with van der Waals surface area (Å²) in [5.74, 6) is 0.0121. The van der Waals surface area contributed by atoms with Crippen LogP contribution in [0.25, 0.3) is 0 Å². The van der Waals surface area contributed by atoms with Gasteiger partial charge in [0.05, 0.1) is 12.1 Å². The third kappa shape index (κ3) is 1.62. The number of carbonyl (C=O) groups excluding carboxylic acids is 1. The standard InChI is InChI=1S/C9H7BrN2O/c10-7-2-1-3-8(6-7)12-9(13)4-5-11-12/h1-3,5-6H,4H2. The summed E-state index contributed by atoms with van der Waals surface area (Å²) in [6, 6.07) is 7.50. The molecule has 0 radical (unpaired) electrons. The highest BCUT2D eigenvalue weighted by Crippen LogP contribution is 2.22. The number of amides is 1. The summed E-state index contributed by atoms with van der Waals surface area (Å²) >= 11 is 3.34. The molecule has 0 unspecified atom stereocenters. The van der Waals surface area contributed by atoms with Crippen LogP contribution in [0.1, 0.15) is 6.42 Å². The number of hydrogen-bond acceptors (Lipinski definition) is 2. The highest BCUT2D eigenvalue weighted by molar-refractivity contribution is 9.10. The molecule has 3 nitrogen and oxygen atoms in total. The Morgan fingerprint density at radius 2 is 2.31 bits per heavy atom. The van der Waals surface area contributed by atoms with Gasteiger partial charge in [-0.15, -0.1) is 0 Å². The second kappa shape index (κ2) is 3.30. The van der Waals surface area contributed by atoms with Crippen molar-refractivity contribution >= 4 is 33.7 Å². The van der Waals surface area contributed by atoms with Crippen LogP contribution in [0.4, 0.5) is 5.69 Å². The smallest absolute Gasteiger partial charge is 0.252 e. The van der Waals surface area contributed by atoms with Gasteiger partial charge in [-0.2, -0.15) is 5.10 Å². The topological polar surface area (TPSA) is 32.7 Å². The van der Waals surface area contributed by atoms with E-state index in [1.807, 2.05) is 24.3 Å². The van der Waals surface area contributed by atoms with E-state index in [4.69, 9.17) is 0 Å². The number of anilines is 1. The van der Waals surface area contributed by atoms with Crippen LogP contribution in [0.5, 0.6) is 0 Å². The molecule has 13 heavy (non-hydrogen) atoms. The molecule has 4 heteroatoms. The Labute approximate surface area is 84.2 Å². The van der Waals surface area contributed by atoms with Crippen LogP contribution in [-0.4, -0.2) is 12.1 Å². The van der Waals surface area contributed by atoms with Crippen molar-refractivity contribution in [2.24, 2.45) is 5.10 Å². The van der Waals surface area contributed by atoms with Crippen LogP contribution < -0.4 is 5.01 Å². The number of hydrazone groups is 1. The summed E-state index contributed by atoms with van der Waals surface area (Å²) in [4.78, 5) is 11.3. The first-order valence-corrected chi connectivity index (χ1v) is 4.67. The van der Waals surface area contributed by atoms with E-state index in [1.54, 1.807) is 6.21 Å². The van der Waals surface area contributed by atoms with Gasteiger partial charge in [0.25, 0.3) is 5.91 Å². The normalized spacial score (nSPS) is 15.5. The molecule has 1 heterocycles. The Balaban J connectivity index is 2.35. The van der Waals surface area contributed by atoms with Crippen LogP contribution in [-0.2, 0) is 4.79 Å². The van der Waals surface area contributed by atoms with E-state index in [0.717, 1.165) is 10.2 Å². The predicted molar refractivity (Wildman–Crippen MR) is 54.7 cm³/mol. The number of hydrogen-bond donors (Lipinski definition) is 0. The summed E-state index contributed by atoms with van der Waals surface area (Å²) in [6.07, 6.45) is 2.01. The first-order valence-electron chi connectivity index (χ1n) is 3.88. The van der Waals surface area contributed by atoms with Gasteiger partial charge in [-0.1, -0.05) is 22.0 Å². The summed E-state index contributed by atoms with van der Waals surface area (Å²) in [6.45, 7) is 0. The summed E-state index contributed by atoms with van der Waals surface area (Å²) < 4.78 is 0.944. The average molecular weight is 239 g/mol. The molecule has 1 aromatic carbocycles. The minimum absolute atomic E-state index is 0.0121. The number of benzene rings is 1. The number of halogens is 1. The Hall–Kier alpha value is -1.16. The molecule has 1 aliphatic heterocycles. The molecule has 0 aromatic heterocycles. The second-order valence-electron chi connectivity index (χ2n) is 2.69. The largest absolute Gasteiger partial charge is 0.272 e. The minimum atomic E-state index is 0.0121. The molecule has 0 spiro atoms. The number of rotatable bonds is 1. The van der Waals surface area contributed by atoms with Gasteiger partial charge in [-0.3, -0.25) is 4.79 Å². The molecule has 0 saturated heterocycles. The van der Waals surface area contributed by atoms with Gasteiger partial charge in [-0.05, 0) is 18.2 Å². The molecule has 66 valence electrons. The SMILES string of the molecule is O=C1CC=NN1c1cccc(Br)c1. The van der Waals surface area contributed by atoms with Crippen molar-refractivity contribution < 1.29 is 4.79 Å². The third-order valence-corrected chi connectivity index (χ3v) is 2.25. The van der Waals surface area contributed by atoms with E-state index in [0.29, 0.717) is 6.42 Å². The van der Waals surface area contributed by atoms with E-state index >= 15 is 0 Å². The van der Waals surface area contributed by atoms with Crippen LogP contribution >= 0.6 is 15.9 Å². The zero-order valence-corrected chi connectivity index (χ0v) is 8.36. The van der Waals surface area contributed by atoms with Crippen LogP contribution in [0.2, 0.25) is 0 Å². The van der Waals surface area contributed by atoms with E-state index in [-0.39, 0.29) is 5.91 Å². The van der Waals surface area contributed by atoms with Crippen LogP contribution in [0, 0.1) is 0 Å². The number of nitrogens with zero attached hydrogens (tertiary/aromatic N) is 2. The van der Waals surface area contributed by atoms with Gasteiger partial charge in [0.2, 0.25) is 0 Å². The van der Waals surface area contributed by atoms with Gasteiger partial charge in [0.1, 0.15) is 0 Å². The Kier molecular flexibility index (Phi) is 2.14. The van der Waals surface area contributed by atoms with Crippen LogP contribution in [0.3, 0.4) is 0 Å². The van der Waals surface area contributed by atoms with Crippen molar-refractivity contribution in [1.82, 2.24) is 0 Å². The maximum absolute atomic E-state index is 11.3. The Bertz CT molecular complexity index is 376. The molecular weight excluding hydrogens is 232 g/mol. The molecule has 2 rings (SSSR count). The molecule has 0 atom stereocenters. The first kappa shape index (κ1) is 8.44. The molecule has 1 aliphatic rings. The summed E-state index contributed by atoms with van der Waals surface area (Å²) in [5, 5.41) is 5.37. The molecule has 0 N–H and O–H groups in total. The summed E-state index contributed by atoms with van der Waals surface area (Å²) in [7, 11) is 0. The zero-order chi connectivity index (χ0) is 9.26. The predicted octanol–water partition coefficient (Wildman–Crippen LogP) is 2.17. The molecule has 0 fully saturated rings. The van der Waals surface area contributed by atoms with Gasteiger partial charge in [-0.25, -0.2) is 5.01 Å². The molecular formula is C9H7BrN2O. The Morgan fingerprint density at radius 3 is 2.92 bits per heavy atom. The lowest BCUT2D eigenvalue weighted by Gasteiger charge is -2.11. The third-order valence-electron chi connectivity index (χ3n) is 1.75. The quantitative estimate of drug-likeness (QED) is 0.739. The maximum Gasteiger partial charge on any atom is 0.252 e.